The highest BCUT2D eigenvalue weighted by atomic mass is 16.5. The molecule has 0 saturated heterocycles. The van der Waals surface area contributed by atoms with E-state index in [1.807, 2.05) is 30.3 Å². The molecule has 0 bridgehead atoms. The number of hydrogen-bond donors (Lipinski definition) is 3. The number of nitrogens with zero attached hydrogens (tertiary/aromatic N) is 2. The molecule has 1 aromatic heterocycles. The van der Waals surface area contributed by atoms with Gasteiger partial charge < -0.3 is 14.9 Å². The highest BCUT2D eigenvalue weighted by molar-refractivity contribution is 5.82. The van der Waals surface area contributed by atoms with Gasteiger partial charge in [-0.1, -0.05) is 30.3 Å². The van der Waals surface area contributed by atoms with Crippen molar-refractivity contribution in [1.82, 2.24) is 9.55 Å². The molecule has 0 fully saturated rings. The Bertz CT molecular complexity index is 1100. The quantitative estimate of drug-likeness (QED) is 0.521. The maximum absolute atomic E-state index is 12.2. The first-order chi connectivity index (χ1) is 14.0. The van der Waals surface area contributed by atoms with E-state index in [-0.39, 0.29) is 12.2 Å². The number of aromatic amines is 1. The number of aliphatic imine (C=N–C) groups is 1. The van der Waals surface area contributed by atoms with E-state index in [4.69, 9.17) is 4.74 Å². The van der Waals surface area contributed by atoms with Crippen LogP contribution in [0, 0.1) is 0 Å². The van der Waals surface area contributed by atoms with Gasteiger partial charge in [0.25, 0.3) is 5.56 Å². The Morgan fingerprint density at radius 3 is 2.45 bits per heavy atom. The third kappa shape index (κ3) is 4.61. The minimum Gasteiger partial charge on any atom is -0.497 e. The fourth-order valence-electron chi connectivity index (χ4n) is 2.86. The van der Waals surface area contributed by atoms with Crippen LogP contribution in [0.2, 0.25) is 0 Å². The smallest absolute Gasteiger partial charge is 0.335 e. The number of rotatable bonds is 7. The summed E-state index contributed by atoms with van der Waals surface area (Å²) in [6.07, 6.45) is 1.64. The summed E-state index contributed by atoms with van der Waals surface area (Å²) in [6.45, 7) is -0.234. The third-order valence-corrected chi connectivity index (χ3v) is 4.39. The summed E-state index contributed by atoms with van der Waals surface area (Å²) < 4.78 is 6.05. The lowest BCUT2D eigenvalue weighted by molar-refractivity contribution is 0.266. The average molecular weight is 395 g/mol. The van der Waals surface area contributed by atoms with Crippen LogP contribution in [0.15, 0.2) is 69.2 Å². The van der Waals surface area contributed by atoms with E-state index in [1.165, 1.54) is 13.3 Å². The number of ether oxygens (including phenoxy) is 1. The molecule has 3 aromatic rings. The summed E-state index contributed by atoms with van der Waals surface area (Å²) in [7, 11) is 1.51. The first-order valence-corrected chi connectivity index (χ1v) is 8.94. The Labute approximate surface area is 166 Å². The lowest BCUT2D eigenvalue weighted by Gasteiger charge is -2.11. The van der Waals surface area contributed by atoms with E-state index in [9.17, 15) is 19.8 Å². The van der Waals surface area contributed by atoms with Crippen molar-refractivity contribution < 1.29 is 14.9 Å². The van der Waals surface area contributed by atoms with Crippen molar-refractivity contribution >= 4 is 6.21 Å². The summed E-state index contributed by atoms with van der Waals surface area (Å²) >= 11 is 0. The van der Waals surface area contributed by atoms with Gasteiger partial charge in [-0.15, -0.1) is 0 Å². The van der Waals surface area contributed by atoms with Crippen LogP contribution in [0.4, 0.5) is 0 Å². The van der Waals surface area contributed by atoms with Gasteiger partial charge in [-0.3, -0.25) is 14.8 Å². The lowest BCUT2D eigenvalue weighted by Crippen LogP contribution is -2.31. The zero-order chi connectivity index (χ0) is 20.8. The fourth-order valence-corrected chi connectivity index (χ4v) is 2.86. The van der Waals surface area contributed by atoms with Gasteiger partial charge in [0, 0.05) is 6.21 Å². The predicted molar refractivity (Wildman–Crippen MR) is 109 cm³/mol. The number of hydrogen-bond acceptors (Lipinski definition) is 6. The molecular formula is C21H21N3O5. The van der Waals surface area contributed by atoms with Crippen LogP contribution in [-0.2, 0) is 6.42 Å². The molecule has 29 heavy (non-hydrogen) atoms. The van der Waals surface area contributed by atoms with Crippen molar-refractivity contribution in [2.75, 3.05) is 13.7 Å². The Kier molecular flexibility index (Phi) is 6.25. The Morgan fingerprint density at radius 2 is 1.83 bits per heavy atom. The van der Waals surface area contributed by atoms with Crippen LogP contribution < -0.4 is 16.0 Å². The van der Waals surface area contributed by atoms with Crippen molar-refractivity contribution in [3.8, 4) is 17.3 Å². The maximum atomic E-state index is 12.2. The zero-order valence-electron chi connectivity index (χ0n) is 15.8. The van der Waals surface area contributed by atoms with E-state index in [1.54, 1.807) is 24.3 Å². The second-order valence-electron chi connectivity index (χ2n) is 6.33. The van der Waals surface area contributed by atoms with Crippen LogP contribution in [-0.4, -0.2) is 45.7 Å². The molecule has 0 radical (unpaired) electrons. The minimum absolute atomic E-state index is 0.174. The monoisotopic (exact) mass is 395 g/mol. The summed E-state index contributed by atoms with van der Waals surface area (Å²) in [5.74, 6) is 0.0447. The van der Waals surface area contributed by atoms with E-state index in [2.05, 4.69) is 9.98 Å². The van der Waals surface area contributed by atoms with Crippen LogP contribution in [0.3, 0.4) is 0 Å². The molecule has 8 nitrogen and oxygen atoms in total. The molecule has 0 spiro atoms. The minimum atomic E-state index is -0.780. The topological polar surface area (TPSA) is 117 Å². The molecule has 1 atom stereocenters. The number of aliphatic hydroxyl groups is 1. The van der Waals surface area contributed by atoms with Crippen molar-refractivity contribution in [2.45, 2.75) is 12.5 Å². The molecule has 3 rings (SSSR count). The summed E-state index contributed by atoms with van der Waals surface area (Å²) in [6, 6.07) is 15.4. The second-order valence-corrected chi connectivity index (χ2v) is 6.33. The van der Waals surface area contributed by atoms with Crippen LogP contribution in [0.5, 0.6) is 11.6 Å². The molecule has 2 aromatic carbocycles. The van der Waals surface area contributed by atoms with Crippen molar-refractivity contribution in [3.63, 3.8) is 0 Å². The Hall–Kier alpha value is -3.65. The van der Waals surface area contributed by atoms with Gasteiger partial charge in [0.05, 0.1) is 25.4 Å². The molecule has 1 unspecified atom stereocenters. The molecule has 150 valence electrons. The number of aromatic nitrogens is 2. The van der Waals surface area contributed by atoms with Gasteiger partial charge in [-0.2, -0.15) is 0 Å². The van der Waals surface area contributed by atoms with Crippen LogP contribution in [0.25, 0.3) is 5.69 Å². The Balaban J connectivity index is 1.95. The maximum Gasteiger partial charge on any atom is 0.335 e. The Morgan fingerprint density at radius 1 is 1.14 bits per heavy atom. The van der Waals surface area contributed by atoms with Gasteiger partial charge in [0.2, 0.25) is 5.88 Å². The van der Waals surface area contributed by atoms with Crippen molar-refractivity contribution in [2.24, 2.45) is 4.99 Å². The van der Waals surface area contributed by atoms with Crippen LogP contribution in [0.1, 0.15) is 11.1 Å². The zero-order valence-corrected chi connectivity index (χ0v) is 15.8. The molecule has 0 aliphatic heterocycles. The number of methoxy groups -OCH3 is 1. The standard InChI is InChI=1S/C21H21N3O5/c1-29-17-9-7-16(8-10-17)24-20(27)18(19(26)23-21(24)28)12-22-15(13-25)11-14-5-3-2-4-6-14/h2-10,12,15,25,27H,11,13H2,1H3,(H,23,26,28). The van der Waals surface area contributed by atoms with Gasteiger partial charge >= 0.3 is 5.69 Å². The lowest BCUT2D eigenvalue weighted by atomic mass is 10.1. The molecule has 0 aliphatic carbocycles. The molecule has 0 aliphatic rings. The van der Waals surface area contributed by atoms with Crippen LogP contribution >= 0.6 is 0 Å². The molecule has 0 saturated carbocycles. The predicted octanol–water partition coefficient (Wildman–Crippen LogP) is 1.26. The van der Waals surface area contributed by atoms with E-state index >= 15 is 0 Å². The first-order valence-electron chi connectivity index (χ1n) is 8.94. The molecule has 8 heteroatoms. The van der Waals surface area contributed by atoms with Crippen molar-refractivity contribution in [1.29, 1.82) is 0 Å². The first kappa shape index (κ1) is 20.1. The third-order valence-electron chi connectivity index (χ3n) is 4.39. The van der Waals surface area contributed by atoms with Gasteiger partial charge in [0.1, 0.15) is 11.3 Å². The molecule has 3 N–H and O–H groups in total. The van der Waals surface area contributed by atoms with E-state index in [0.29, 0.717) is 17.9 Å². The van der Waals surface area contributed by atoms with Crippen molar-refractivity contribution in [3.05, 3.63) is 86.6 Å². The fraction of sp³-hybridized carbons (Fsp3) is 0.190. The number of nitrogens with one attached hydrogen (secondary N) is 1. The SMILES string of the molecule is COc1ccc(-n2c(O)c(C=NC(CO)Cc3ccccc3)c(=O)[nH]c2=O)cc1. The highest BCUT2D eigenvalue weighted by Gasteiger charge is 2.15. The summed E-state index contributed by atoms with van der Waals surface area (Å²) in [5.41, 5.74) is -0.394. The number of aromatic hydroxyl groups is 1. The summed E-state index contributed by atoms with van der Waals surface area (Å²) in [4.78, 5) is 30.8. The van der Waals surface area contributed by atoms with Gasteiger partial charge in [-0.25, -0.2) is 9.36 Å². The number of H-pyrrole nitrogens is 1. The number of benzene rings is 2. The average Bonchev–Trinajstić information content (AvgIpc) is 2.73. The largest absolute Gasteiger partial charge is 0.497 e. The molecule has 0 amide bonds. The van der Waals surface area contributed by atoms with E-state index in [0.717, 1.165) is 10.1 Å². The number of aliphatic hydroxyl groups excluding tert-OH is 1. The van der Waals surface area contributed by atoms with Gasteiger partial charge in [0.15, 0.2) is 0 Å². The highest BCUT2D eigenvalue weighted by Crippen LogP contribution is 2.18. The van der Waals surface area contributed by atoms with E-state index < -0.39 is 23.2 Å². The second kappa shape index (κ2) is 9.03. The summed E-state index contributed by atoms with van der Waals surface area (Å²) in [5, 5.41) is 20.2. The van der Waals surface area contributed by atoms with Gasteiger partial charge in [-0.05, 0) is 36.2 Å². The molecule has 1 heterocycles. The molecular weight excluding hydrogens is 374 g/mol. The normalized spacial score (nSPS) is 12.2.